The van der Waals surface area contributed by atoms with Crippen LogP contribution in [0, 0.1) is 18.3 Å². The summed E-state index contributed by atoms with van der Waals surface area (Å²) in [4.78, 5) is 29.4. The first-order chi connectivity index (χ1) is 21.9. The molecule has 1 aromatic carbocycles. The molecule has 4 heterocycles. The monoisotopic (exact) mass is 601 g/mol. The third-order valence-corrected chi connectivity index (χ3v) is 8.11. The minimum Gasteiger partial charge on any atom is -0.351 e. The van der Waals surface area contributed by atoms with Gasteiger partial charge in [0.25, 0.3) is 0 Å². The molecule has 1 aliphatic rings. The van der Waals surface area contributed by atoms with E-state index in [1.165, 1.54) is 0 Å². The number of benzene rings is 1. The van der Waals surface area contributed by atoms with Crippen LogP contribution in [-0.2, 0) is 20.6 Å². The lowest BCUT2D eigenvalue weighted by Crippen LogP contribution is -2.49. The number of pyridine rings is 1. The van der Waals surface area contributed by atoms with Crippen LogP contribution in [0.4, 0.5) is 16.6 Å². The number of urea groups is 1. The Morgan fingerprint density at radius 1 is 0.978 bits per heavy atom. The van der Waals surface area contributed by atoms with Gasteiger partial charge >= 0.3 is 6.03 Å². The number of carbonyl (C=O) groups is 1. The van der Waals surface area contributed by atoms with Crippen molar-refractivity contribution in [3.63, 3.8) is 0 Å². The van der Waals surface area contributed by atoms with E-state index in [9.17, 15) is 10.1 Å². The summed E-state index contributed by atoms with van der Waals surface area (Å²) in [5, 5.41) is 24.9. The third kappa shape index (κ3) is 6.67. The summed E-state index contributed by atoms with van der Waals surface area (Å²) in [5.41, 5.74) is 5.51. The first-order valence-electron chi connectivity index (χ1n) is 15.0. The molecule has 12 nitrogen and oxygen atoms in total. The van der Waals surface area contributed by atoms with Crippen LogP contribution >= 0.6 is 0 Å². The van der Waals surface area contributed by atoms with Crippen molar-refractivity contribution < 1.29 is 4.79 Å². The van der Waals surface area contributed by atoms with Crippen LogP contribution in [0.15, 0.2) is 73.4 Å². The van der Waals surface area contributed by atoms with Crippen molar-refractivity contribution in [1.29, 1.82) is 5.26 Å². The first-order valence-corrected chi connectivity index (χ1v) is 15.0. The van der Waals surface area contributed by atoms with Crippen molar-refractivity contribution in [2.24, 2.45) is 14.1 Å². The largest absolute Gasteiger partial charge is 0.351 e. The summed E-state index contributed by atoms with van der Waals surface area (Å²) in [6.45, 7) is 2.33. The number of aryl methyl sites for hydroxylation is 3. The van der Waals surface area contributed by atoms with Gasteiger partial charge in [0.1, 0.15) is 11.9 Å². The predicted molar refractivity (Wildman–Crippen MR) is 171 cm³/mol. The summed E-state index contributed by atoms with van der Waals surface area (Å²) in [6.07, 6.45) is 12.1. The van der Waals surface area contributed by atoms with E-state index in [1.807, 2.05) is 75.9 Å². The first kappa shape index (κ1) is 29.5. The van der Waals surface area contributed by atoms with Crippen molar-refractivity contribution in [1.82, 2.24) is 39.8 Å². The normalized spacial score (nSPS) is 16.1. The Morgan fingerprint density at radius 3 is 2.42 bits per heavy atom. The molecular formula is C33H35N11O. The molecule has 0 unspecified atom stereocenters. The van der Waals surface area contributed by atoms with E-state index >= 15 is 0 Å². The van der Waals surface area contributed by atoms with Crippen LogP contribution in [0.3, 0.4) is 0 Å². The van der Waals surface area contributed by atoms with Gasteiger partial charge in [0, 0.05) is 68.0 Å². The fraction of sp³-hybridized carbons (Fsp3) is 0.303. The molecule has 0 atom stereocenters. The molecular weight excluding hydrogens is 566 g/mol. The Hall–Kier alpha value is -5.57. The molecule has 2 amide bonds. The van der Waals surface area contributed by atoms with Gasteiger partial charge in [-0.25, -0.2) is 19.7 Å². The summed E-state index contributed by atoms with van der Waals surface area (Å²) < 4.78 is 3.47. The zero-order chi connectivity index (χ0) is 31.3. The molecule has 45 heavy (non-hydrogen) atoms. The molecule has 0 saturated heterocycles. The molecule has 0 spiro atoms. The van der Waals surface area contributed by atoms with Crippen LogP contribution in [0.5, 0.6) is 0 Å². The minimum atomic E-state index is -0.177. The maximum Gasteiger partial charge on any atom is 0.323 e. The number of carbonyl (C=O) groups excluding carboxylic acids is 1. The highest BCUT2D eigenvalue weighted by Crippen LogP contribution is 2.30. The number of nitriles is 1. The lowest BCUT2D eigenvalue weighted by Gasteiger charge is -2.36. The molecule has 12 heteroatoms. The standard InChI is InChI=1S/C33H35N11O/c1-22-29(21-43(3)41-22)31-25(15-34)18-36-32(40-31)39-27-10-12-28(13-11-27)44(33(45)37-16-23-7-5-4-6-8-23)30-14-9-24(17-35-30)26-19-38-42(2)20-26/h4-9,14,17-21,27-28H,10-13,16H2,1-3H3,(H,37,45)(H,36,39,40)/t27-,28-. The van der Waals surface area contributed by atoms with Gasteiger partial charge < -0.3 is 10.6 Å². The highest BCUT2D eigenvalue weighted by Gasteiger charge is 2.31. The molecule has 0 aliphatic heterocycles. The predicted octanol–water partition coefficient (Wildman–Crippen LogP) is 4.99. The van der Waals surface area contributed by atoms with Crippen molar-refractivity contribution >= 4 is 17.8 Å². The maximum absolute atomic E-state index is 13.7. The van der Waals surface area contributed by atoms with E-state index in [0.29, 0.717) is 29.6 Å². The van der Waals surface area contributed by atoms with Gasteiger partial charge in [0.2, 0.25) is 5.95 Å². The van der Waals surface area contributed by atoms with E-state index < -0.39 is 0 Å². The van der Waals surface area contributed by atoms with Gasteiger partial charge in [-0.3, -0.25) is 14.3 Å². The third-order valence-electron chi connectivity index (χ3n) is 8.11. The van der Waals surface area contributed by atoms with E-state index in [0.717, 1.165) is 53.6 Å². The van der Waals surface area contributed by atoms with Gasteiger partial charge in [-0.1, -0.05) is 30.3 Å². The second-order valence-corrected chi connectivity index (χ2v) is 11.3. The Balaban J connectivity index is 1.17. The molecule has 6 rings (SSSR count). The van der Waals surface area contributed by atoms with Gasteiger partial charge in [-0.2, -0.15) is 15.5 Å². The Labute approximate surface area is 261 Å². The number of nitrogens with one attached hydrogen (secondary N) is 2. The van der Waals surface area contributed by atoms with Crippen LogP contribution < -0.4 is 15.5 Å². The fourth-order valence-electron chi connectivity index (χ4n) is 5.82. The second kappa shape index (κ2) is 13.0. The fourth-order valence-corrected chi connectivity index (χ4v) is 5.82. The van der Waals surface area contributed by atoms with Crippen LogP contribution in [0.2, 0.25) is 0 Å². The maximum atomic E-state index is 13.7. The molecule has 1 fully saturated rings. The summed E-state index contributed by atoms with van der Waals surface area (Å²) in [5.74, 6) is 1.08. The Morgan fingerprint density at radius 2 is 1.78 bits per heavy atom. The van der Waals surface area contributed by atoms with Crippen molar-refractivity contribution in [3.8, 4) is 28.5 Å². The van der Waals surface area contributed by atoms with Crippen molar-refractivity contribution in [2.75, 3.05) is 10.2 Å². The highest BCUT2D eigenvalue weighted by atomic mass is 16.2. The molecule has 2 N–H and O–H groups in total. The van der Waals surface area contributed by atoms with Gasteiger partial charge in [0.15, 0.2) is 0 Å². The minimum absolute atomic E-state index is 0.0361. The SMILES string of the molecule is Cc1nn(C)cc1-c1nc(N[C@H]2CC[C@H](N(C(=O)NCc3ccccc3)c3ccc(-c4cnn(C)c4)cn3)CC2)ncc1C#N. The molecule has 0 radical (unpaired) electrons. The zero-order valence-electron chi connectivity index (χ0n) is 25.6. The van der Waals surface area contributed by atoms with Crippen molar-refractivity contribution in [2.45, 2.75) is 51.2 Å². The topological polar surface area (TPSA) is 142 Å². The van der Waals surface area contributed by atoms with Crippen LogP contribution in [0.25, 0.3) is 22.4 Å². The molecule has 1 aliphatic carbocycles. The quantitative estimate of drug-likeness (QED) is 0.253. The van der Waals surface area contributed by atoms with Gasteiger partial charge in [0.05, 0.1) is 29.3 Å². The average molecular weight is 602 g/mol. The van der Waals surface area contributed by atoms with E-state index in [2.05, 4.69) is 31.9 Å². The summed E-state index contributed by atoms with van der Waals surface area (Å²) in [6, 6.07) is 15.9. The summed E-state index contributed by atoms with van der Waals surface area (Å²) in [7, 11) is 3.72. The lowest BCUT2D eigenvalue weighted by atomic mass is 9.90. The van der Waals surface area contributed by atoms with Crippen LogP contribution in [0.1, 0.15) is 42.5 Å². The number of amides is 2. The summed E-state index contributed by atoms with van der Waals surface area (Å²) >= 11 is 0. The van der Waals surface area contributed by atoms with Crippen molar-refractivity contribution in [3.05, 3.63) is 90.3 Å². The second-order valence-electron chi connectivity index (χ2n) is 11.3. The van der Waals surface area contributed by atoms with E-state index in [-0.39, 0.29) is 18.1 Å². The zero-order valence-corrected chi connectivity index (χ0v) is 25.6. The highest BCUT2D eigenvalue weighted by molar-refractivity contribution is 5.91. The Bertz CT molecular complexity index is 1810. The lowest BCUT2D eigenvalue weighted by molar-refractivity contribution is 0.240. The molecule has 5 aromatic rings. The number of anilines is 2. The number of rotatable bonds is 8. The molecule has 0 bridgehead atoms. The van der Waals surface area contributed by atoms with Gasteiger partial charge in [-0.15, -0.1) is 0 Å². The van der Waals surface area contributed by atoms with Crippen LogP contribution in [-0.4, -0.2) is 52.6 Å². The smallest absolute Gasteiger partial charge is 0.323 e. The molecule has 1 saturated carbocycles. The average Bonchev–Trinajstić information content (AvgIpc) is 3.65. The van der Waals surface area contributed by atoms with E-state index in [4.69, 9.17) is 9.97 Å². The number of hydrogen-bond donors (Lipinski definition) is 2. The van der Waals surface area contributed by atoms with Gasteiger partial charge in [-0.05, 0) is 50.3 Å². The Kier molecular flexibility index (Phi) is 8.50. The molecule has 228 valence electrons. The number of nitrogens with zero attached hydrogens (tertiary/aromatic N) is 9. The van der Waals surface area contributed by atoms with E-state index in [1.54, 1.807) is 32.9 Å². The number of hydrogen-bond acceptors (Lipinski definition) is 8. The number of aromatic nitrogens is 7. The molecule has 4 aromatic heterocycles.